The number of aromatic amines is 1. The maximum Gasteiger partial charge on any atom is 0.295 e. The molecule has 5 aromatic rings. The van der Waals surface area contributed by atoms with Crippen LogP contribution in [-0.4, -0.2) is 80.4 Å². The standard InChI is InChI=1S/C32H25N9O3/c1-44-26-19-36-31(41-12-11-25(38-41)22-9-7-21(17-33)8-10-22)28-27(26)24(18-35-28)29(42)32(43)40-15-13-39(14-16-40)30(37-20-34)23-5-3-2-4-6-23/h2-12,18-19,35H,13-16H2,1H3. The molecule has 1 saturated heterocycles. The molecule has 216 valence electrons. The van der Waals surface area contributed by atoms with E-state index >= 15 is 0 Å². The van der Waals surface area contributed by atoms with E-state index < -0.39 is 11.7 Å². The van der Waals surface area contributed by atoms with E-state index in [2.05, 4.69) is 26.1 Å². The van der Waals surface area contributed by atoms with Gasteiger partial charge < -0.3 is 19.5 Å². The molecule has 1 N–H and O–H groups in total. The number of nitriles is 2. The lowest BCUT2D eigenvalue weighted by Gasteiger charge is -2.36. The lowest BCUT2D eigenvalue weighted by Crippen LogP contribution is -2.52. The van der Waals surface area contributed by atoms with Crippen molar-refractivity contribution in [2.45, 2.75) is 0 Å². The number of benzene rings is 2. The van der Waals surface area contributed by atoms with Gasteiger partial charge in [0.05, 0.1) is 47.1 Å². The molecule has 12 nitrogen and oxygen atoms in total. The highest BCUT2D eigenvalue weighted by molar-refractivity contribution is 6.45. The normalized spacial score (nSPS) is 13.4. The summed E-state index contributed by atoms with van der Waals surface area (Å²) in [6.45, 7) is 1.42. The number of ether oxygens (including phenoxy) is 1. The largest absolute Gasteiger partial charge is 0.494 e. The second-order valence-corrected chi connectivity index (χ2v) is 9.95. The van der Waals surface area contributed by atoms with E-state index in [1.807, 2.05) is 59.6 Å². The average Bonchev–Trinajstić information content (AvgIpc) is 3.75. The second kappa shape index (κ2) is 11.9. The molecule has 0 aliphatic carbocycles. The molecular formula is C32H25N9O3. The molecular weight excluding hydrogens is 558 g/mol. The Morgan fingerprint density at radius 1 is 0.977 bits per heavy atom. The third kappa shape index (κ3) is 5.12. The number of piperazine rings is 1. The summed E-state index contributed by atoms with van der Waals surface area (Å²) in [6.07, 6.45) is 6.60. The highest BCUT2D eigenvalue weighted by atomic mass is 16.5. The fourth-order valence-corrected chi connectivity index (χ4v) is 5.26. The van der Waals surface area contributed by atoms with Gasteiger partial charge in [-0.2, -0.15) is 20.6 Å². The zero-order chi connectivity index (χ0) is 30.6. The van der Waals surface area contributed by atoms with E-state index in [0.717, 1.165) is 11.1 Å². The summed E-state index contributed by atoms with van der Waals surface area (Å²) >= 11 is 0. The van der Waals surface area contributed by atoms with Crippen molar-refractivity contribution in [3.05, 3.63) is 95.9 Å². The minimum atomic E-state index is -0.673. The molecule has 44 heavy (non-hydrogen) atoms. The molecule has 0 radical (unpaired) electrons. The first-order valence-corrected chi connectivity index (χ1v) is 13.7. The van der Waals surface area contributed by atoms with Gasteiger partial charge in [0, 0.05) is 49.7 Å². The van der Waals surface area contributed by atoms with Crippen LogP contribution in [0.15, 0.2) is 84.2 Å². The first-order valence-electron chi connectivity index (χ1n) is 13.7. The van der Waals surface area contributed by atoms with Gasteiger partial charge in [-0.3, -0.25) is 9.59 Å². The Morgan fingerprint density at radius 2 is 1.70 bits per heavy atom. The molecule has 0 bridgehead atoms. The Kier molecular flexibility index (Phi) is 7.55. The third-order valence-electron chi connectivity index (χ3n) is 7.48. The SMILES string of the molecule is COc1cnc(-n2ccc(-c3ccc(C#N)cc3)n2)c2[nH]cc(C(=O)C(=O)N3CCN(C(=NC#N)c4ccccc4)CC3)c12. The van der Waals surface area contributed by atoms with Crippen molar-refractivity contribution in [1.29, 1.82) is 10.5 Å². The number of Topliss-reactive ketones (excluding diaryl/α,β-unsaturated/α-hetero) is 1. The molecule has 12 heteroatoms. The van der Waals surface area contributed by atoms with Gasteiger partial charge in [-0.05, 0) is 18.2 Å². The number of aromatic nitrogens is 4. The number of carbonyl (C=O) groups excluding carboxylic acids is 2. The van der Waals surface area contributed by atoms with E-state index in [4.69, 9.17) is 10.00 Å². The van der Waals surface area contributed by atoms with Crippen LogP contribution in [0.5, 0.6) is 5.75 Å². The topological polar surface area (TPSA) is 156 Å². The number of aliphatic imine (C=N–C) groups is 1. The van der Waals surface area contributed by atoms with Crippen molar-refractivity contribution in [3.63, 3.8) is 0 Å². The van der Waals surface area contributed by atoms with Gasteiger partial charge in [-0.25, -0.2) is 9.67 Å². The summed E-state index contributed by atoms with van der Waals surface area (Å²) < 4.78 is 7.11. The molecule has 0 spiro atoms. The number of fused-ring (bicyclic) bond motifs is 1. The van der Waals surface area contributed by atoms with Gasteiger partial charge in [0.15, 0.2) is 5.82 Å². The van der Waals surface area contributed by atoms with Crippen molar-refractivity contribution in [1.82, 2.24) is 29.5 Å². The quantitative estimate of drug-likeness (QED) is 0.105. The number of amidine groups is 1. The van der Waals surface area contributed by atoms with Crippen LogP contribution in [0.1, 0.15) is 21.5 Å². The fraction of sp³-hybridized carbons (Fsp3) is 0.156. The second-order valence-electron chi connectivity index (χ2n) is 9.95. The number of carbonyl (C=O) groups is 2. The van der Waals surface area contributed by atoms with Crippen LogP contribution in [0, 0.1) is 22.8 Å². The Bertz CT molecular complexity index is 1970. The molecule has 6 rings (SSSR count). The van der Waals surface area contributed by atoms with Crippen molar-refractivity contribution in [2.75, 3.05) is 33.3 Å². The highest BCUT2D eigenvalue weighted by Crippen LogP contribution is 2.32. The molecule has 1 aliphatic rings. The van der Waals surface area contributed by atoms with E-state index in [9.17, 15) is 14.9 Å². The summed E-state index contributed by atoms with van der Waals surface area (Å²) in [5, 5.41) is 23.4. The van der Waals surface area contributed by atoms with Gasteiger partial charge >= 0.3 is 0 Å². The molecule has 1 aliphatic heterocycles. The summed E-state index contributed by atoms with van der Waals surface area (Å²) in [5.41, 5.74) is 3.52. The third-order valence-corrected chi connectivity index (χ3v) is 7.48. The Hall–Kier alpha value is -6.27. The predicted molar refractivity (Wildman–Crippen MR) is 161 cm³/mol. The minimum absolute atomic E-state index is 0.170. The first-order chi connectivity index (χ1) is 21.5. The first kappa shape index (κ1) is 27.9. The number of amides is 1. The monoisotopic (exact) mass is 583 g/mol. The van der Waals surface area contributed by atoms with Crippen LogP contribution in [0.4, 0.5) is 0 Å². The van der Waals surface area contributed by atoms with Crippen molar-refractivity contribution >= 4 is 28.4 Å². The molecule has 4 heterocycles. The number of rotatable bonds is 6. The Balaban J connectivity index is 1.24. The molecule has 0 atom stereocenters. The predicted octanol–water partition coefficient (Wildman–Crippen LogP) is 3.55. The zero-order valence-electron chi connectivity index (χ0n) is 23.6. The number of nitrogens with zero attached hydrogens (tertiary/aromatic N) is 8. The van der Waals surface area contributed by atoms with E-state index in [-0.39, 0.29) is 5.56 Å². The maximum absolute atomic E-state index is 13.6. The van der Waals surface area contributed by atoms with Crippen LogP contribution in [0.25, 0.3) is 28.0 Å². The van der Waals surface area contributed by atoms with Crippen LogP contribution in [0.3, 0.4) is 0 Å². The number of hydrogen-bond donors (Lipinski definition) is 1. The number of methoxy groups -OCH3 is 1. The molecule has 0 saturated carbocycles. The fourth-order valence-electron chi connectivity index (χ4n) is 5.26. The van der Waals surface area contributed by atoms with Gasteiger partial charge in [-0.1, -0.05) is 42.5 Å². The van der Waals surface area contributed by atoms with Gasteiger partial charge in [0.25, 0.3) is 11.7 Å². The van der Waals surface area contributed by atoms with Crippen LogP contribution < -0.4 is 4.74 Å². The van der Waals surface area contributed by atoms with Gasteiger partial charge in [0.2, 0.25) is 6.19 Å². The number of nitrogens with one attached hydrogen (secondary N) is 1. The van der Waals surface area contributed by atoms with Gasteiger partial charge in [-0.15, -0.1) is 0 Å². The smallest absolute Gasteiger partial charge is 0.295 e. The van der Waals surface area contributed by atoms with Crippen molar-refractivity contribution in [3.8, 4) is 35.1 Å². The summed E-state index contributed by atoms with van der Waals surface area (Å²) in [4.78, 5) is 42.1. The lowest BCUT2D eigenvalue weighted by atomic mass is 10.1. The van der Waals surface area contributed by atoms with Crippen LogP contribution in [-0.2, 0) is 4.79 Å². The summed E-state index contributed by atoms with van der Waals surface area (Å²) in [6, 6.07) is 20.4. The maximum atomic E-state index is 13.6. The van der Waals surface area contributed by atoms with Crippen LogP contribution >= 0.6 is 0 Å². The highest BCUT2D eigenvalue weighted by Gasteiger charge is 2.31. The zero-order valence-corrected chi connectivity index (χ0v) is 23.6. The average molecular weight is 584 g/mol. The lowest BCUT2D eigenvalue weighted by molar-refractivity contribution is -0.127. The summed E-state index contributed by atoms with van der Waals surface area (Å²) in [7, 11) is 1.47. The van der Waals surface area contributed by atoms with Crippen molar-refractivity contribution < 1.29 is 14.3 Å². The molecule has 1 fully saturated rings. The summed E-state index contributed by atoms with van der Waals surface area (Å²) in [5.74, 6) is -0.00919. The molecule has 1 amide bonds. The molecule has 3 aromatic heterocycles. The number of pyridine rings is 1. The number of ketones is 1. The van der Waals surface area contributed by atoms with E-state index in [0.29, 0.717) is 65.7 Å². The Morgan fingerprint density at radius 3 is 2.39 bits per heavy atom. The van der Waals surface area contributed by atoms with E-state index in [1.165, 1.54) is 24.4 Å². The van der Waals surface area contributed by atoms with Gasteiger partial charge in [0.1, 0.15) is 11.6 Å². The molecule has 2 aromatic carbocycles. The Labute approximate surface area is 252 Å². The number of hydrogen-bond acceptors (Lipinski definition) is 8. The number of H-pyrrole nitrogens is 1. The van der Waals surface area contributed by atoms with Crippen molar-refractivity contribution in [2.24, 2.45) is 4.99 Å². The van der Waals surface area contributed by atoms with E-state index in [1.54, 1.807) is 23.0 Å². The molecule has 0 unspecified atom stereocenters. The minimum Gasteiger partial charge on any atom is -0.494 e. The van der Waals surface area contributed by atoms with Crippen LogP contribution in [0.2, 0.25) is 0 Å².